The lowest BCUT2D eigenvalue weighted by atomic mass is 10.3. The summed E-state index contributed by atoms with van der Waals surface area (Å²) in [7, 11) is 0.537. The van der Waals surface area contributed by atoms with Gasteiger partial charge in [-0.2, -0.15) is 0 Å². The molecule has 12 heavy (non-hydrogen) atoms. The molecule has 1 rings (SSSR count). The first-order valence-electron chi connectivity index (χ1n) is 3.73. The zero-order chi connectivity index (χ0) is 8.97. The van der Waals surface area contributed by atoms with E-state index in [9.17, 15) is 10.1 Å². The van der Waals surface area contributed by atoms with Crippen LogP contribution in [0.2, 0.25) is 0 Å². The second-order valence-electron chi connectivity index (χ2n) is 2.30. The van der Waals surface area contributed by atoms with E-state index in [1.54, 1.807) is 12.1 Å². The lowest BCUT2D eigenvalue weighted by Gasteiger charge is -1.98. The number of nitrogens with zero attached hydrogens (tertiary/aromatic N) is 1. The van der Waals surface area contributed by atoms with Crippen LogP contribution < -0.4 is 5.30 Å². The van der Waals surface area contributed by atoms with Crippen LogP contribution in [0.1, 0.15) is 6.92 Å². The molecule has 0 fully saturated rings. The highest BCUT2D eigenvalue weighted by molar-refractivity contribution is 7.47. The fourth-order valence-corrected chi connectivity index (χ4v) is 1.92. The SMILES string of the molecule is CCPc1ccccc1[N+](=O)[O-]. The minimum Gasteiger partial charge on any atom is -0.258 e. The number of rotatable bonds is 3. The van der Waals surface area contributed by atoms with Gasteiger partial charge in [0.05, 0.1) is 10.2 Å². The maximum absolute atomic E-state index is 10.5. The number of para-hydroxylation sites is 1. The van der Waals surface area contributed by atoms with Gasteiger partial charge in [-0.25, -0.2) is 0 Å². The summed E-state index contributed by atoms with van der Waals surface area (Å²) in [5.41, 5.74) is 0.248. The zero-order valence-corrected chi connectivity index (χ0v) is 7.78. The third-order valence-electron chi connectivity index (χ3n) is 1.47. The Bertz CT molecular complexity index is 288. The van der Waals surface area contributed by atoms with Crippen molar-refractivity contribution >= 4 is 19.6 Å². The van der Waals surface area contributed by atoms with Gasteiger partial charge in [-0.15, -0.1) is 0 Å². The van der Waals surface area contributed by atoms with Crippen LogP contribution in [0.3, 0.4) is 0 Å². The van der Waals surface area contributed by atoms with E-state index in [1.165, 1.54) is 0 Å². The first-order valence-corrected chi connectivity index (χ1v) is 4.93. The summed E-state index contributed by atoms with van der Waals surface area (Å²) in [5, 5.41) is 11.4. The van der Waals surface area contributed by atoms with E-state index in [2.05, 4.69) is 0 Å². The van der Waals surface area contributed by atoms with Gasteiger partial charge in [-0.3, -0.25) is 10.1 Å². The summed E-state index contributed by atoms with van der Waals surface area (Å²) >= 11 is 0. The van der Waals surface area contributed by atoms with E-state index in [0.29, 0.717) is 8.58 Å². The van der Waals surface area contributed by atoms with Crippen molar-refractivity contribution in [3.63, 3.8) is 0 Å². The largest absolute Gasteiger partial charge is 0.276 e. The van der Waals surface area contributed by atoms with Gasteiger partial charge in [0.1, 0.15) is 0 Å². The third-order valence-corrected chi connectivity index (χ3v) is 2.63. The minimum atomic E-state index is -0.321. The molecular formula is C8H10NO2P. The Labute approximate surface area is 72.7 Å². The van der Waals surface area contributed by atoms with E-state index in [-0.39, 0.29) is 10.6 Å². The normalized spacial score (nSPS) is 10.8. The van der Waals surface area contributed by atoms with Gasteiger partial charge in [-0.05, 0) is 12.2 Å². The second-order valence-corrected chi connectivity index (χ2v) is 3.90. The fourth-order valence-electron chi connectivity index (χ4n) is 0.973. The Morgan fingerprint density at radius 3 is 2.75 bits per heavy atom. The quantitative estimate of drug-likeness (QED) is 0.408. The molecule has 0 aromatic heterocycles. The molecule has 0 radical (unpaired) electrons. The maximum atomic E-state index is 10.5. The van der Waals surface area contributed by atoms with Crippen molar-refractivity contribution in [3.8, 4) is 0 Å². The number of hydrogen-bond donors (Lipinski definition) is 0. The number of nitro groups is 1. The first-order chi connectivity index (χ1) is 5.75. The molecule has 0 bridgehead atoms. The van der Waals surface area contributed by atoms with Gasteiger partial charge >= 0.3 is 0 Å². The van der Waals surface area contributed by atoms with Crippen molar-refractivity contribution in [1.82, 2.24) is 0 Å². The van der Waals surface area contributed by atoms with E-state index in [4.69, 9.17) is 0 Å². The number of benzene rings is 1. The van der Waals surface area contributed by atoms with E-state index < -0.39 is 0 Å². The summed E-state index contributed by atoms with van der Waals surface area (Å²) in [6.45, 7) is 2.02. The minimum absolute atomic E-state index is 0.248. The fraction of sp³-hybridized carbons (Fsp3) is 0.250. The van der Waals surface area contributed by atoms with Crippen molar-refractivity contribution in [1.29, 1.82) is 0 Å². The highest BCUT2D eigenvalue weighted by Crippen LogP contribution is 2.17. The van der Waals surface area contributed by atoms with E-state index >= 15 is 0 Å². The lowest BCUT2D eigenvalue weighted by molar-refractivity contribution is -0.383. The summed E-state index contributed by atoms with van der Waals surface area (Å²) in [6.07, 6.45) is 0.963. The molecule has 0 amide bonds. The Morgan fingerprint density at radius 1 is 1.50 bits per heavy atom. The number of nitro benzene ring substituents is 1. The highest BCUT2D eigenvalue weighted by Gasteiger charge is 2.10. The molecule has 1 aromatic carbocycles. The monoisotopic (exact) mass is 183 g/mol. The Morgan fingerprint density at radius 2 is 2.17 bits per heavy atom. The third kappa shape index (κ3) is 2.02. The number of hydrogen-bond acceptors (Lipinski definition) is 2. The van der Waals surface area contributed by atoms with E-state index in [1.807, 2.05) is 19.1 Å². The molecule has 1 unspecified atom stereocenters. The molecular weight excluding hydrogens is 173 g/mol. The predicted octanol–water partition coefficient (Wildman–Crippen LogP) is 1.92. The molecule has 0 spiro atoms. The molecule has 1 atom stereocenters. The van der Waals surface area contributed by atoms with Gasteiger partial charge < -0.3 is 0 Å². The van der Waals surface area contributed by atoms with Crippen molar-refractivity contribution in [3.05, 3.63) is 34.4 Å². The Balaban J connectivity index is 3.00. The molecule has 3 nitrogen and oxygen atoms in total. The zero-order valence-electron chi connectivity index (χ0n) is 6.78. The van der Waals surface area contributed by atoms with Crippen LogP contribution >= 0.6 is 8.58 Å². The summed E-state index contributed by atoms with van der Waals surface area (Å²) in [6, 6.07) is 6.91. The summed E-state index contributed by atoms with van der Waals surface area (Å²) < 4.78 is 0. The Hall–Kier alpha value is -0.950. The molecule has 0 aliphatic carbocycles. The van der Waals surface area contributed by atoms with Crippen LogP contribution in [0, 0.1) is 10.1 Å². The molecule has 0 aliphatic heterocycles. The van der Waals surface area contributed by atoms with Gasteiger partial charge in [0.2, 0.25) is 0 Å². The van der Waals surface area contributed by atoms with Crippen LogP contribution in [-0.2, 0) is 0 Å². The van der Waals surface area contributed by atoms with E-state index in [0.717, 1.165) is 11.5 Å². The van der Waals surface area contributed by atoms with Crippen molar-refractivity contribution in [2.24, 2.45) is 0 Å². The van der Waals surface area contributed by atoms with Crippen LogP contribution in [-0.4, -0.2) is 11.1 Å². The first kappa shape index (κ1) is 9.14. The molecule has 0 N–H and O–H groups in total. The van der Waals surface area contributed by atoms with Crippen LogP contribution in [0.15, 0.2) is 24.3 Å². The van der Waals surface area contributed by atoms with Gasteiger partial charge in [-0.1, -0.05) is 27.6 Å². The van der Waals surface area contributed by atoms with Crippen molar-refractivity contribution < 1.29 is 4.92 Å². The molecule has 0 saturated heterocycles. The van der Waals surface area contributed by atoms with Gasteiger partial charge in [0.15, 0.2) is 0 Å². The molecule has 1 aromatic rings. The molecule has 0 heterocycles. The van der Waals surface area contributed by atoms with Crippen LogP contribution in [0.5, 0.6) is 0 Å². The average molecular weight is 183 g/mol. The smallest absolute Gasteiger partial charge is 0.258 e. The lowest BCUT2D eigenvalue weighted by Crippen LogP contribution is -2.03. The highest BCUT2D eigenvalue weighted by atomic mass is 31.1. The van der Waals surface area contributed by atoms with Gasteiger partial charge in [0.25, 0.3) is 5.69 Å². The molecule has 0 aliphatic rings. The predicted molar refractivity (Wildman–Crippen MR) is 51.6 cm³/mol. The Kier molecular flexibility index (Phi) is 3.18. The second kappa shape index (κ2) is 4.17. The topological polar surface area (TPSA) is 43.1 Å². The van der Waals surface area contributed by atoms with Gasteiger partial charge in [0, 0.05) is 6.07 Å². The average Bonchev–Trinajstić information content (AvgIpc) is 2.05. The van der Waals surface area contributed by atoms with Crippen molar-refractivity contribution in [2.45, 2.75) is 6.92 Å². The summed E-state index contributed by atoms with van der Waals surface area (Å²) in [5.74, 6) is 0. The molecule has 64 valence electrons. The molecule has 4 heteroatoms. The molecule has 0 saturated carbocycles. The summed E-state index contributed by atoms with van der Waals surface area (Å²) in [4.78, 5) is 10.2. The standard InChI is InChI=1S/C8H10NO2P/c1-2-12-8-6-4-3-5-7(8)9(10)11/h3-6,12H,2H2,1H3. The van der Waals surface area contributed by atoms with Crippen LogP contribution in [0.25, 0.3) is 0 Å². The van der Waals surface area contributed by atoms with Crippen molar-refractivity contribution in [2.75, 3.05) is 6.16 Å². The maximum Gasteiger partial charge on any atom is 0.276 e. The van der Waals surface area contributed by atoms with Crippen LogP contribution in [0.4, 0.5) is 5.69 Å².